The summed E-state index contributed by atoms with van der Waals surface area (Å²) in [4.78, 5) is 35.1. The maximum absolute atomic E-state index is 14.0. The molecule has 0 saturated carbocycles. The Morgan fingerprint density at radius 1 is 1.17 bits per heavy atom. The lowest BCUT2D eigenvalue weighted by atomic mass is 9.95. The van der Waals surface area contributed by atoms with E-state index in [0.29, 0.717) is 63.5 Å². The molecule has 2 aromatic carbocycles. The number of halogens is 1. The van der Waals surface area contributed by atoms with E-state index in [0.717, 1.165) is 23.1 Å². The monoisotopic (exact) mass is 648 g/mol. The van der Waals surface area contributed by atoms with Crippen LogP contribution in [0, 0.1) is 0 Å². The van der Waals surface area contributed by atoms with E-state index < -0.39 is 6.04 Å². The molecule has 1 saturated heterocycles. The Bertz CT molecular complexity index is 1820. The van der Waals surface area contributed by atoms with Crippen molar-refractivity contribution in [1.82, 2.24) is 4.57 Å². The van der Waals surface area contributed by atoms with Crippen molar-refractivity contribution in [2.24, 2.45) is 4.99 Å². The summed E-state index contributed by atoms with van der Waals surface area (Å²) in [7, 11) is 0. The van der Waals surface area contributed by atoms with Gasteiger partial charge in [0, 0.05) is 30.9 Å². The smallest absolute Gasteiger partial charge is 0.271 e. The number of morpholine rings is 1. The van der Waals surface area contributed by atoms with Crippen LogP contribution in [0.15, 0.2) is 90.6 Å². The van der Waals surface area contributed by atoms with E-state index in [4.69, 9.17) is 18.9 Å². The van der Waals surface area contributed by atoms with E-state index >= 15 is 0 Å². The molecule has 9 nitrogen and oxygen atoms in total. The molecule has 6 rings (SSSR count). The third-order valence-electron chi connectivity index (χ3n) is 7.06. The minimum absolute atomic E-state index is 0.254. The van der Waals surface area contributed by atoms with Crippen molar-refractivity contribution < 1.29 is 18.7 Å². The zero-order valence-corrected chi connectivity index (χ0v) is 25.5. The van der Waals surface area contributed by atoms with Gasteiger partial charge in [0.2, 0.25) is 5.88 Å². The van der Waals surface area contributed by atoms with Crippen LogP contribution >= 0.6 is 27.3 Å². The third-order valence-corrected chi connectivity index (χ3v) is 8.62. The van der Waals surface area contributed by atoms with E-state index in [2.05, 4.69) is 26.1 Å². The van der Waals surface area contributed by atoms with Gasteiger partial charge in [-0.05, 0) is 59.6 Å². The number of amides is 1. The molecule has 11 heteroatoms. The molecule has 216 valence electrons. The standard InChI is InChI=1S/C31H29BrN4O5S/c1-3-40-22-11-9-20(10-12-22)27-26(28(37)34-21-7-5-4-6-8-21)19(2)33-31-36(27)29(38)25(42-31)18-23-17-24(32)30(41-23)35-13-15-39-16-14-35/h4-12,17-18,27H,3,13-16H2,1-2H3,(H,34,37)/b25-18+/t27-/m1/s1. The largest absolute Gasteiger partial charge is 0.494 e. The van der Waals surface area contributed by atoms with Crippen LogP contribution in [0.3, 0.4) is 0 Å². The van der Waals surface area contributed by atoms with Crippen LogP contribution in [0.1, 0.15) is 31.2 Å². The lowest BCUT2D eigenvalue weighted by molar-refractivity contribution is -0.113. The van der Waals surface area contributed by atoms with Crippen molar-refractivity contribution in [2.45, 2.75) is 19.9 Å². The SMILES string of the molecule is CCOc1ccc([C@@H]2C(C(=O)Nc3ccccc3)=C(C)N=c3s/c(=C/c4cc(Br)c(N5CCOCC5)o4)c(=O)n32)cc1. The number of hydrogen-bond donors (Lipinski definition) is 1. The molecule has 1 atom stereocenters. The van der Waals surface area contributed by atoms with Gasteiger partial charge in [-0.2, -0.15) is 0 Å². The van der Waals surface area contributed by atoms with Crippen molar-refractivity contribution >= 4 is 50.8 Å². The number of aromatic nitrogens is 1. The number of anilines is 2. The minimum atomic E-state index is -0.685. The molecule has 2 aromatic heterocycles. The number of ether oxygens (including phenoxy) is 2. The molecule has 1 amide bonds. The average molecular weight is 650 g/mol. The van der Waals surface area contributed by atoms with Gasteiger partial charge in [0.1, 0.15) is 11.5 Å². The number of nitrogens with zero attached hydrogens (tertiary/aromatic N) is 3. The summed E-state index contributed by atoms with van der Waals surface area (Å²) in [5.41, 5.74) is 2.12. The topological polar surface area (TPSA) is 98.3 Å². The quantitative estimate of drug-likeness (QED) is 0.318. The first-order chi connectivity index (χ1) is 20.4. The number of para-hydroxylation sites is 1. The molecule has 4 heterocycles. The van der Waals surface area contributed by atoms with E-state index in [9.17, 15) is 9.59 Å². The van der Waals surface area contributed by atoms with Crippen molar-refractivity contribution in [3.8, 4) is 5.75 Å². The van der Waals surface area contributed by atoms with Crippen LogP contribution < -0.4 is 29.8 Å². The summed E-state index contributed by atoms with van der Waals surface area (Å²) in [6, 6.07) is 17.9. The molecular formula is C31H29BrN4O5S. The second-order valence-corrected chi connectivity index (χ2v) is 11.7. The molecule has 0 bridgehead atoms. The average Bonchev–Trinajstić information content (AvgIpc) is 3.52. The first-order valence-corrected chi connectivity index (χ1v) is 15.3. The van der Waals surface area contributed by atoms with Crippen LogP contribution in [0.2, 0.25) is 0 Å². The lowest BCUT2D eigenvalue weighted by Crippen LogP contribution is -2.40. The maximum atomic E-state index is 14.0. The fraction of sp³-hybridized carbons (Fsp3) is 0.258. The molecule has 0 unspecified atom stereocenters. The summed E-state index contributed by atoms with van der Waals surface area (Å²) in [5.74, 6) is 1.65. The van der Waals surface area contributed by atoms with Gasteiger partial charge < -0.3 is 24.1 Å². The fourth-order valence-electron chi connectivity index (χ4n) is 5.12. The first-order valence-electron chi connectivity index (χ1n) is 13.7. The summed E-state index contributed by atoms with van der Waals surface area (Å²) in [6.45, 7) is 6.97. The van der Waals surface area contributed by atoms with Gasteiger partial charge in [0.05, 0.1) is 46.1 Å². The highest BCUT2D eigenvalue weighted by Gasteiger charge is 2.32. The number of furan rings is 1. The Kier molecular flexibility index (Phi) is 8.14. The number of fused-ring (bicyclic) bond motifs is 1. The van der Waals surface area contributed by atoms with Gasteiger partial charge in [-0.15, -0.1) is 0 Å². The molecule has 2 aliphatic rings. The molecule has 0 spiro atoms. The van der Waals surface area contributed by atoms with E-state index in [-0.39, 0.29) is 11.5 Å². The Balaban J connectivity index is 1.44. The third kappa shape index (κ3) is 5.59. The number of rotatable bonds is 7. The predicted octanol–water partition coefficient (Wildman–Crippen LogP) is 4.46. The van der Waals surface area contributed by atoms with Crippen LogP contribution in [-0.4, -0.2) is 43.4 Å². The van der Waals surface area contributed by atoms with Crippen LogP contribution in [0.4, 0.5) is 11.6 Å². The maximum Gasteiger partial charge on any atom is 0.271 e. The summed E-state index contributed by atoms with van der Waals surface area (Å²) in [6.07, 6.45) is 1.73. The molecule has 1 fully saturated rings. The van der Waals surface area contributed by atoms with E-state index in [1.54, 1.807) is 17.6 Å². The number of thiazole rings is 1. The second kappa shape index (κ2) is 12.1. The van der Waals surface area contributed by atoms with Gasteiger partial charge >= 0.3 is 0 Å². The van der Waals surface area contributed by atoms with Crippen molar-refractivity contribution in [3.05, 3.63) is 107 Å². The van der Waals surface area contributed by atoms with Gasteiger partial charge in [0.25, 0.3) is 11.5 Å². The summed E-state index contributed by atoms with van der Waals surface area (Å²) >= 11 is 4.87. The lowest BCUT2D eigenvalue weighted by Gasteiger charge is -2.26. The normalized spacial score (nSPS) is 17.2. The zero-order valence-electron chi connectivity index (χ0n) is 23.1. The molecule has 42 heavy (non-hydrogen) atoms. The summed E-state index contributed by atoms with van der Waals surface area (Å²) in [5, 5.41) is 2.98. The number of benzene rings is 2. The Hall–Kier alpha value is -3.93. The van der Waals surface area contributed by atoms with E-state index in [1.165, 1.54) is 11.3 Å². The molecule has 1 N–H and O–H groups in total. The van der Waals surface area contributed by atoms with Gasteiger partial charge in [-0.25, -0.2) is 4.99 Å². The number of hydrogen-bond acceptors (Lipinski definition) is 8. The number of nitrogens with one attached hydrogen (secondary N) is 1. The molecule has 2 aliphatic heterocycles. The summed E-state index contributed by atoms with van der Waals surface area (Å²) < 4.78 is 20.1. The fourth-order valence-corrected chi connectivity index (χ4v) is 6.70. The molecule has 0 aliphatic carbocycles. The first kappa shape index (κ1) is 28.2. The van der Waals surface area contributed by atoms with E-state index in [1.807, 2.05) is 67.6 Å². The van der Waals surface area contributed by atoms with Crippen molar-refractivity contribution in [3.63, 3.8) is 0 Å². The highest BCUT2D eigenvalue weighted by atomic mass is 79.9. The van der Waals surface area contributed by atoms with Crippen molar-refractivity contribution in [1.29, 1.82) is 0 Å². The van der Waals surface area contributed by atoms with Gasteiger partial charge in [-0.1, -0.05) is 41.7 Å². The van der Waals surface area contributed by atoms with Gasteiger partial charge in [0.15, 0.2) is 4.80 Å². The Morgan fingerprint density at radius 2 is 1.90 bits per heavy atom. The number of carbonyl (C=O) groups excluding carboxylic acids is 1. The number of carbonyl (C=O) groups is 1. The van der Waals surface area contributed by atoms with Crippen LogP contribution in [0.5, 0.6) is 5.75 Å². The molecule has 4 aromatic rings. The van der Waals surface area contributed by atoms with Gasteiger partial charge in [-0.3, -0.25) is 14.2 Å². The van der Waals surface area contributed by atoms with Crippen LogP contribution in [0.25, 0.3) is 6.08 Å². The van der Waals surface area contributed by atoms with Crippen molar-refractivity contribution in [2.75, 3.05) is 43.1 Å². The van der Waals surface area contributed by atoms with Crippen LogP contribution in [-0.2, 0) is 9.53 Å². The zero-order chi connectivity index (χ0) is 29.2. The molecule has 0 radical (unpaired) electrons. The Labute approximate surface area is 254 Å². The molecular weight excluding hydrogens is 620 g/mol. The number of allylic oxidation sites excluding steroid dienone is 1. The predicted molar refractivity (Wildman–Crippen MR) is 166 cm³/mol. The minimum Gasteiger partial charge on any atom is -0.494 e. The second-order valence-electron chi connectivity index (χ2n) is 9.81. The highest BCUT2D eigenvalue weighted by Crippen LogP contribution is 2.33. The Morgan fingerprint density at radius 3 is 2.62 bits per heavy atom. The highest BCUT2D eigenvalue weighted by molar-refractivity contribution is 9.10.